The van der Waals surface area contributed by atoms with Gasteiger partial charge in [0.25, 0.3) is 0 Å². The van der Waals surface area contributed by atoms with Crippen LogP contribution in [0.5, 0.6) is 0 Å². The number of nitrogens with zero attached hydrogens (tertiary/aromatic N) is 2. The second-order valence-corrected chi connectivity index (χ2v) is 4.58. The van der Waals surface area contributed by atoms with E-state index >= 15 is 0 Å². The summed E-state index contributed by atoms with van der Waals surface area (Å²) in [5, 5.41) is 4.48. The fourth-order valence-electron chi connectivity index (χ4n) is 2.00. The highest BCUT2D eigenvalue weighted by Gasteiger charge is 2.12. The minimum atomic E-state index is -0.501. The Hall–Kier alpha value is -2.60. The molecule has 2 aromatic rings. The van der Waals surface area contributed by atoms with Crippen LogP contribution < -0.4 is 5.48 Å². The molecule has 1 aromatic carbocycles. The summed E-state index contributed by atoms with van der Waals surface area (Å²) in [4.78, 5) is 16.6. The third-order valence-corrected chi connectivity index (χ3v) is 2.93. The highest BCUT2D eigenvalue weighted by molar-refractivity contribution is 5.90. The van der Waals surface area contributed by atoms with Crippen LogP contribution >= 0.6 is 0 Å². The maximum absolute atomic E-state index is 11.8. The molecule has 1 aromatic heterocycles. The number of carbonyl (C=O) groups is 1. The fourth-order valence-corrected chi connectivity index (χ4v) is 2.00. The van der Waals surface area contributed by atoms with E-state index in [1.807, 2.05) is 43.5 Å². The Kier molecular flexibility index (Phi) is 5.32. The summed E-state index contributed by atoms with van der Waals surface area (Å²) >= 11 is 0. The lowest BCUT2D eigenvalue weighted by Crippen LogP contribution is -2.22. The Balaban J connectivity index is 2.32. The van der Waals surface area contributed by atoms with E-state index in [0.717, 1.165) is 16.8 Å². The third-order valence-electron chi connectivity index (χ3n) is 2.93. The topological polar surface area (TPSA) is 65.4 Å². The number of nitrogens with one attached hydrogen (secondary N) is 1. The van der Waals surface area contributed by atoms with E-state index < -0.39 is 5.97 Å². The number of hydrogen-bond acceptors (Lipinski definition) is 5. The van der Waals surface area contributed by atoms with E-state index in [1.165, 1.54) is 13.3 Å². The number of hydrogen-bond donors (Lipinski definition) is 1. The molecule has 0 radical (unpaired) electrons. The van der Waals surface area contributed by atoms with Crippen molar-refractivity contribution in [3.8, 4) is 11.3 Å². The summed E-state index contributed by atoms with van der Waals surface area (Å²) in [6, 6.07) is 9.85. The molecule has 0 fully saturated rings. The number of esters is 1. The number of benzene rings is 1. The molecule has 1 heterocycles. The lowest BCUT2D eigenvalue weighted by atomic mass is 10.1. The van der Waals surface area contributed by atoms with Crippen molar-refractivity contribution in [2.24, 2.45) is 0 Å². The molecular weight excluding hydrogens is 282 g/mol. The lowest BCUT2D eigenvalue weighted by molar-refractivity contribution is -0.140. The molecule has 0 saturated heterocycles. The van der Waals surface area contributed by atoms with Crippen molar-refractivity contribution in [2.45, 2.75) is 13.8 Å². The zero-order valence-electron chi connectivity index (χ0n) is 12.9. The van der Waals surface area contributed by atoms with E-state index in [9.17, 15) is 4.79 Å². The monoisotopic (exact) mass is 301 g/mol. The van der Waals surface area contributed by atoms with Crippen molar-refractivity contribution in [3.63, 3.8) is 0 Å². The van der Waals surface area contributed by atoms with Crippen LogP contribution in [0.2, 0.25) is 0 Å². The lowest BCUT2D eigenvalue weighted by Gasteiger charge is -2.07. The average molecular weight is 301 g/mol. The molecule has 0 aliphatic carbocycles. The maximum Gasteiger partial charge on any atom is 0.358 e. The molecular formula is C16H19N3O3. The Morgan fingerprint density at radius 2 is 2.09 bits per heavy atom. The van der Waals surface area contributed by atoms with Gasteiger partial charge in [-0.25, -0.2) is 9.48 Å². The van der Waals surface area contributed by atoms with Crippen molar-refractivity contribution >= 4 is 12.2 Å². The van der Waals surface area contributed by atoms with Gasteiger partial charge in [0.05, 0.1) is 25.6 Å². The molecule has 1 N–H and O–H groups in total. The molecule has 6 heteroatoms. The van der Waals surface area contributed by atoms with E-state index in [0.29, 0.717) is 0 Å². The molecule has 0 aliphatic heterocycles. The van der Waals surface area contributed by atoms with Gasteiger partial charge >= 0.3 is 5.97 Å². The van der Waals surface area contributed by atoms with E-state index in [2.05, 4.69) is 10.6 Å². The summed E-state index contributed by atoms with van der Waals surface area (Å²) in [7, 11) is 1.43. The molecule has 116 valence electrons. The normalized spacial score (nSPS) is 11.3. The standard InChI is InChI=1S/C16H19N3O3/c1-4-22-16(20)14(18-21-3)11-19-10-12(2)15(17-19)13-8-6-5-7-9-13/h5-11,18H,4H2,1-3H3. The molecule has 0 aliphatic rings. The Morgan fingerprint density at radius 1 is 1.36 bits per heavy atom. The first-order chi connectivity index (χ1) is 10.7. The number of aryl methyl sites for hydroxylation is 1. The molecule has 22 heavy (non-hydrogen) atoms. The van der Waals surface area contributed by atoms with Crippen molar-refractivity contribution < 1.29 is 14.4 Å². The van der Waals surface area contributed by atoms with Crippen LogP contribution in [0.1, 0.15) is 12.5 Å². The zero-order valence-corrected chi connectivity index (χ0v) is 12.9. The van der Waals surface area contributed by atoms with E-state index in [4.69, 9.17) is 9.57 Å². The first-order valence-corrected chi connectivity index (χ1v) is 6.94. The molecule has 0 atom stereocenters. The summed E-state index contributed by atoms with van der Waals surface area (Å²) in [5.74, 6) is -0.501. The van der Waals surface area contributed by atoms with Gasteiger partial charge in [0.1, 0.15) is 0 Å². The van der Waals surface area contributed by atoms with Gasteiger partial charge in [-0.1, -0.05) is 30.3 Å². The first-order valence-electron chi connectivity index (χ1n) is 6.94. The van der Waals surface area contributed by atoms with Gasteiger partial charge in [-0.05, 0) is 19.4 Å². The van der Waals surface area contributed by atoms with E-state index in [-0.39, 0.29) is 12.3 Å². The Labute approximate surface area is 129 Å². The number of rotatable bonds is 6. The van der Waals surface area contributed by atoms with Gasteiger partial charge in [-0.3, -0.25) is 10.3 Å². The Bertz CT molecular complexity index is 663. The summed E-state index contributed by atoms with van der Waals surface area (Å²) in [5.41, 5.74) is 5.56. The van der Waals surface area contributed by atoms with Gasteiger partial charge in [-0.15, -0.1) is 0 Å². The number of hydroxylamine groups is 1. The van der Waals surface area contributed by atoms with Crippen LogP contribution in [0.3, 0.4) is 0 Å². The zero-order chi connectivity index (χ0) is 15.9. The van der Waals surface area contributed by atoms with Gasteiger partial charge in [0, 0.05) is 11.8 Å². The summed E-state index contributed by atoms with van der Waals surface area (Å²) in [6.45, 7) is 4.00. The Morgan fingerprint density at radius 3 is 2.73 bits per heavy atom. The number of carbonyl (C=O) groups excluding carboxylic acids is 1. The van der Waals surface area contributed by atoms with Gasteiger partial charge < -0.3 is 4.74 Å². The first kappa shape index (κ1) is 15.8. The molecule has 6 nitrogen and oxygen atoms in total. The van der Waals surface area contributed by atoms with Crippen LogP contribution in [0.15, 0.2) is 42.2 Å². The highest BCUT2D eigenvalue weighted by atomic mass is 16.6. The van der Waals surface area contributed by atoms with Crippen molar-refractivity contribution in [2.75, 3.05) is 13.7 Å². The molecule has 0 unspecified atom stereocenters. The van der Waals surface area contributed by atoms with Gasteiger partial charge in [-0.2, -0.15) is 5.10 Å². The molecule has 0 bridgehead atoms. The minimum absolute atomic E-state index is 0.173. The van der Waals surface area contributed by atoms with Crippen LogP contribution in [0.25, 0.3) is 17.5 Å². The predicted molar refractivity (Wildman–Crippen MR) is 83.5 cm³/mol. The highest BCUT2D eigenvalue weighted by Crippen LogP contribution is 2.21. The molecule has 0 amide bonds. The quantitative estimate of drug-likeness (QED) is 0.504. The van der Waals surface area contributed by atoms with Crippen LogP contribution in [-0.4, -0.2) is 29.5 Å². The average Bonchev–Trinajstić information content (AvgIpc) is 2.88. The SMILES string of the molecule is CCOC(=O)C(=Cn1cc(C)c(-c2ccccc2)n1)NOC. The minimum Gasteiger partial charge on any atom is -0.461 e. The van der Waals surface area contributed by atoms with Crippen molar-refractivity contribution in [1.29, 1.82) is 0 Å². The second-order valence-electron chi connectivity index (χ2n) is 4.58. The van der Waals surface area contributed by atoms with Crippen LogP contribution in [0, 0.1) is 6.92 Å². The van der Waals surface area contributed by atoms with Crippen molar-refractivity contribution in [3.05, 3.63) is 47.8 Å². The third kappa shape index (κ3) is 3.73. The molecule has 0 spiro atoms. The number of ether oxygens (including phenoxy) is 1. The van der Waals surface area contributed by atoms with E-state index in [1.54, 1.807) is 11.6 Å². The van der Waals surface area contributed by atoms with Crippen molar-refractivity contribution in [1.82, 2.24) is 15.3 Å². The molecule has 2 rings (SSSR count). The molecule has 0 saturated carbocycles. The largest absolute Gasteiger partial charge is 0.461 e. The number of aromatic nitrogens is 2. The summed E-state index contributed by atoms with van der Waals surface area (Å²) < 4.78 is 6.53. The smallest absolute Gasteiger partial charge is 0.358 e. The van der Waals surface area contributed by atoms with Gasteiger partial charge in [0.2, 0.25) is 0 Å². The summed E-state index contributed by atoms with van der Waals surface area (Å²) in [6.07, 6.45) is 3.36. The maximum atomic E-state index is 11.8. The second kappa shape index (κ2) is 7.42. The van der Waals surface area contributed by atoms with Crippen LogP contribution in [-0.2, 0) is 14.4 Å². The predicted octanol–water partition coefficient (Wildman–Crippen LogP) is 2.37. The van der Waals surface area contributed by atoms with Gasteiger partial charge in [0.15, 0.2) is 5.70 Å². The van der Waals surface area contributed by atoms with Crippen LogP contribution in [0.4, 0.5) is 0 Å². The fraction of sp³-hybridized carbons (Fsp3) is 0.250.